The van der Waals surface area contributed by atoms with Crippen LogP contribution in [-0.4, -0.2) is 72.3 Å². The van der Waals surface area contributed by atoms with Gasteiger partial charge in [-0.2, -0.15) is 0 Å². The van der Waals surface area contributed by atoms with Crippen LogP contribution in [0.25, 0.3) is 0 Å². The summed E-state index contributed by atoms with van der Waals surface area (Å²) >= 11 is 0. The summed E-state index contributed by atoms with van der Waals surface area (Å²) in [5, 5.41) is 0. The Morgan fingerprint density at radius 2 is 1.77 bits per heavy atom. The summed E-state index contributed by atoms with van der Waals surface area (Å²) in [6, 6.07) is 6.73. The van der Waals surface area contributed by atoms with E-state index in [-0.39, 0.29) is 24.2 Å². The van der Waals surface area contributed by atoms with E-state index in [2.05, 4.69) is 0 Å². The van der Waals surface area contributed by atoms with Crippen LogP contribution in [0.15, 0.2) is 24.3 Å². The van der Waals surface area contributed by atoms with Crippen LogP contribution in [0, 0.1) is 5.92 Å². The minimum Gasteiger partial charge on any atom is -0.466 e. The van der Waals surface area contributed by atoms with Crippen LogP contribution < -0.4 is 0 Å². The highest BCUT2D eigenvalue weighted by Gasteiger charge is 2.33. The lowest BCUT2D eigenvalue weighted by Gasteiger charge is -2.30. The van der Waals surface area contributed by atoms with E-state index in [1.807, 2.05) is 0 Å². The van der Waals surface area contributed by atoms with E-state index >= 15 is 0 Å². The number of amides is 3. The van der Waals surface area contributed by atoms with Gasteiger partial charge < -0.3 is 14.4 Å². The van der Waals surface area contributed by atoms with Crippen molar-refractivity contribution in [3.8, 4) is 0 Å². The maximum absolute atomic E-state index is 12.5. The molecule has 9 heteroatoms. The number of hydrogen-bond acceptors (Lipinski definition) is 7. The molecule has 0 bridgehead atoms. The first-order chi connectivity index (χ1) is 14.4. The molecule has 160 valence electrons. The summed E-state index contributed by atoms with van der Waals surface area (Å²) in [5.41, 5.74) is 1.00. The summed E-state index contributed by atoms with van der Waals surface area (Å²) in [4.78, 5) is 63.2. The van der Waals surface area contributed by atoms with Crippen LogP contribution in [0.4, 0.5) is 0 Å². The van der Waals surface area contributed by atoms with E-state index in [1.165, 1.54) is 4.90 Å². The molecule has 0 N–H and O–H groups in total. The van der Waals surface area contributed by atoms with Crippen LogP contribution in [0.2, 0.25) is 0 Å². The SMILES string of the molecule is CCOC(=O)C1CCN(C(=O)COC(=O)CN2C(=O)Cc3ccccc3C2=O)CC1. The van der Waals surface area contributed by atoms with Gasteiger partial charge in [0, 0.05) is 18.7 Å². The molecule has 1 fully saturated rings. The second-order valence-corrected chi connectivity index (χ2v) is 7.19. The first-order valence-corrected chi connectivity index (χ1v) is 9.93. The van der Waals surface area contributed by atoms with Crippen LogP contribution in [0.1, 0.15) is 35.7 Å². The molecule has 2 heterocycles. The highest BCUT2D eigenvalue weighted by Crippen LogP contribution is 2.20. The van der Waals surface area contributed by atoms with Gasteiger partial charge in [0.05, 0.1) is 18.9 Å². The molecule has 0 aromatic heterocycles. The third-order valence-electron chi connectivity index (χ3n) is 5.25. The monoisotopic (exact) mass is 416 g/mol. The standard InChI is InChI=1S/C21H24N2O7/c1-2-29-21(28)14-7-9-22(10-8-14)18(25)13-30-19(26)12-23-17(24)11-15-5-3-4-6-16(15)20(23)27/h3-6,14H,2,7-13H2,1H3. The van der Waals surface area contributed by atoms with E-state index in [9.17, 15) is 24.0 Å². The second kappa shape index (κ2) is 9.51. The van der Waals surface area contributed by atoms with Crippen LogP contribution in [0.5, 0.6) is 0 Å². The average Bonchev–Trinajstić information content (AvgIpc) is 2.75. The quantitative estimate of drug-likeness (QED) is 0.492. The van der Waals surface area contributed by atoms with Gasteiger partial charge in [0.2, 0.25) is 5.91 Å². The Morgan fingerprint density at radius 3 is 2.47 bits per heavy atom. The number of piperidine rings is 1. The van der Waals surface area contributed by atoms with Gasteiger partial charge in [0.25, 0.3) is 11.8 Å². The maximum atomic E-state index is 12.5. The Hall–Kier alpha value is -3.23. The van der Waals surface area contributed by atoms with Crippen molar-refractivity contribution in [3.05, 3.63) is 35.4 Å². The molecular formula is C21H24N2O7. The summed E-state index contributed by atoms with van der Waals surface area (Å²) < 4.78 is 9.99. The highest BCUT2D eigenvalue weighted by atomic mass is 16.5. The molecule has 3 amide bonds. The van der Waals surface area contributed by atoms with E-state index in [0.717, 1.165) is 4.90 Å². The van der Waals surface area contributed by atoms with Crippen molar-refractivity contribution >= 4 is 29.7 Å². The van der Waals surface area contributed by atoms with Gasteiger partial charge in [0.1, 0.15) is 6.54 Å². The third kappa shape index (κ3) is 4.84. The number of benzene rings is 1. The topological polar surface area (TPSA) is 110 Å². The molecule has 1 saturated heterocycles. The number of carbonyl (C=O) groups excluding carboxylic acids is 5. The van der Waals surface area contributed by atoms with Gasteiger partial charge in [-0.15, -0.1) is 0 Å². The summed E-state index contributed by atoms with van der Waals surface area (Å²) in [7, 11) is 0. The van der Waals surface area contributed by atoms with Gasteiger partial charge in [-0.3, -0.25) is 28.9 Å². The number of imide groups is 1. The van der Waals surface area contributed by atoms with E-state index < -0.39 is 30.9 Å². The van der Waals surface area contributed by atoms with Crippen molar-refractivity contribution in [2.45, 2.75) is 26.2 Å². The first-order valence-electron chi connectivity index (χ1n) is 9.93. The zero-order chi connectivity index (χ0) is 21.7. The minimum absolute atomic E-state index is 0.0313. The van der Waals surface area contributed by atoms with Crippen molar-refractivity contribution in [1.82, 2.24) is 9.80 Å². The number of rotatable bonds is 6. The lowest BCUT2D eigenvalue weighted by atomic mass is 9.97. The maximum Gasteiger partial charge on any atom is 0.326 e. The van der Waals surface area contributed by atoms with Gasteiger partial charge in [-0.25, -0.2) is 0 Å². The number of nitrogens with zero attached hydrogens (tertiary/aromatic N) is 2. The fourth-order valence-corrected chi connectivity index (χ4v) is 3.59. The minimum atomic E-state index is -0.828. The number of fused-ring (bicyclic) bond motifs is 1. The van der Waals surface area contributed by atoms with Gasteiger partial charge >= 0.3 is 11.9 Å². The fourth-order valence-electron chi connectivity index (χ4n) is 3.59. The summed E-state index contributed by atoms with van der Waals surface area (Å²) in [6.07, 6.45) is 1.02. The van der Waals surface area contributed by atoms with Gasteiger partial charge in [-0.05, 0) is 31.4 Å². The lowest BCUT2D eigenvalue weighted by Crippen LogP contribution is -2.46. The molecular weight excluding hydrogens is 392 g/mol. The molecule has 0 saturated carbocycles. The van der Waals surface area contributed by atoms with Crippen LogP contribution in [0.3, 0.4) is 0 Å². The Morgan fingerprint density at radius 1 is 1.07 bits per heavy atom. The van der Waals surface area contributed by atoms with Crippen molar-refractivity contribution in [2.24, 2.45) is 5.92 Å². The molecule has 0 radical (unpaired) electrons. The molecule has 2 aliphatic rings. The smallest absolute Gasteiger partial charge is 0.326 e. The van der Waals surface area contributed by atoms with Crippen molar-refractivity contribution < 1.29 is 33.4 Å². The normalized spacial score (nSPS) is 16.8. The second-order valence-electron chi connectivity index (χ2n) is 7.19. The fraction of sp³-hybridized carbons (Fsp3) is 0.476. The summed E-state index contributed by atoms with van der Waals surface area (Å²) in [5.74, 6) is -2.73. The Bertz CT molecular complexity index is 859. The third-order valence-corrected chi connectivity index (χ3v) is 5.25. The van der Waals surface area contributed by atoms with Crippen molar-refractivity contribution in [2.75, 3.05) is 32.8 Å². The zero-order valence-electron chi connectivity index (χ0n) is 16.8. The molecule has 0 spiro atoms. The Kier molecular flexibility index (Phi) is 6.81. The predicted octanol–water partition coefficient (Wildman–Crippen LogP) is 0.556. The molecule has 2 aliphatic heterocycles. The lowest BCUT2D eigenvalue weighted by molar-refractivity contribution is -0.156. The molecule has 0 atom stereocenters. The average molecular weight is 416 g/mol. The van der Waals surface area contributed by atoms with Crippen LogP contribution in [-0.2, 0) is 35.1 Å². The molecule has 3 rings (SSSR count). The molecule has 1 aromatic rings. The highest BCUT2D eigenvalue weighted by molar-refractivity contribution is 6.11. The largest absolute Gasteiger partial charge is 0.466 e. The number of carbonyl (C=O) groups is 5. The Labute approximate surface area is 173 Å². The van der Waals surface area contributed by atoms with E-state index in [1.54, 1.807) is 31.2 Å². The number of ether oxygens (including phenoxy) is 2. The molecule has 9 nitrogen and oxygen atoms in total. The van der Waals surface area contributed by atoms with Crippen molar-refractivity contribution in [3.63, 3.8) is 0 Å². The van der Waals surface area contributed by atoms with Crippen molar-refractivity contribution in [1.29, 1.82) is 0 Å². The number of esters is 2. The molecule has 0 aliphatic carbocycles. The first kappa shape index (κ1) is 21.5. The van der Waals surface area contributed by atoms with E-state index in [0.29, 0.717) is 43.7 Å². The van der Waals surface area contributed by atoms with Gasteiger partial charge in [0.15, 0.2) is 6.61 Å². The van der Waals surface area contributed by atoms with Crippen LogP contribution >= 0.6 is 0 Å². The molecule has 0 unspecified atom stereocenters. The molecule has 1 aromatic carbocycles. The number of hydrogen-bond donors (Lipinski definition) is 0. The Balaban J connectivity index is 1.46. The predicted molar refractivity (Wildman–Crippen MR) is 103 cm³/mol. The zero-order valence-corrected chi connectivity index (χ0v) is 16.8. The van der Waals surface area contributed by atoms with Gasteiger partial charge in [-0.1, -0.05) is 18.2 Å². The molecule has 30 heavy (non-hydrogen) atoms. The van der Waals surface area contributed by atoms with E-state index in [4.69, 9.17) is 9.47 Å². The number of likely N-dealkylation sites (tertiary alicyclic amines) is 1. The summed E-state index contributed by atoms with van der Waals surface area (Å²) in [6.45, 7) is 1.80.